The van der Waals surface area contributed by atoms with Crippen LogP contribution in [0.25, 0.3) is 0 Å². The second-order valence-electron chi connectivity index (χ2n) is 8.75. The number of ether oxygens (including phenoxy) is 1. The van der Waals surface area contributed by atoms with E-state index in [4.69, 9.17) is 9.84 Å². The molecule has 1 aliphatic rings. The predicted octanol–water partition coefficient (Wildman–Crippen LogP) is 6.85. The van der Waals surface area contributed by atoms with Crippen LogP contribution in [-0.4, -0.2) is 24.9 Å². The number of aliphatic hydroxyl groups is 1. The fourth-order valence-electron chi connectivity index (χ4n) is 3.78. The Balaban J connectivity index is 0.00000178. The fraction of sp³-hybridized carbons (Fsp3) is 1.00. The first kappa shape index (κ1) is 24.9. The Kier molecular flexibility index (Phi) is 17.3. The molecular formula is C23H48O2. The number of aliphatic hydroxyl groups excluding tert-OH is 1. The molecule has 0 bridgehead atoms. The van der Waals surface area contributed by atoms with Crippen molar-refractivity contribution < 1.29 is 9.84 Å². The average molecular weight is 357 g/mol. The van der Waals surface area contributed by atoms with Crippen LogP contribution in [0.2, 0.25) is 0 Å². The van der Waals surface area contributed by atoms with E-state index in [0.717, 1.165) is 30.3 Å². The van der Waals surface area contributed by atoms with E-state index in [1.165, 1.54) is 70.6 Å². The van der Waals surface area contributed by atoms with E-state index in [0.29, 0.717) is 6.61 Å². The maximum absolute atomic E-state index is 8.74. The zero-order chi connectivity index (χ0) is 18.9. The largest absolute Gasteiger partial charge is 0.394 e. The molecular weight excluding hydrogens is 308 g/mol. The summed E-state index contributed by atoms with van der Waals surface area (Å²) in [7, 11) is 0. The lowest BCUT2D eigenvalue weighted by molar-refractivity contribution is 0.0523. The lowest BCUT2D eigenvalue weighted by Gasteiger charge is -2.28. The quantitative estimate of drug-likeness (QED) is 0.387. The third kappa shape index (κ3) is 15.9. The standard InChI is InChI=1S/C20H40O2.C3H8/c1-17(2)6-4-7-18(3)8-5-9-19-10-12-20(13-11-19)16-22-15-14-21;1-3-2/h17-21H,4-16H2,1-3H3;3H2,1-2H3. The average Bonchev–Trinajstić information content (AvgIpc) is 2.57. The lowest BCUT2D eigenvalue weighted by atomic mass is 9.79. The first-order chi connectivity index (χ1) is 12.0. The Labute approximate surface area is 159 Å². The van der Waals surface area contributed by atoms with Crippen molar-refractivity contribution in [2.75, 3.05) is 19.8 Å². The van der Waals surface area contributed by atoms with Crippen LogP contribution >= 0.6 is 0 Å². The minimum absolute atomic E-state index is 0.157. The Hall–Kier alpha value is -0.0800. The molecule has 0 amide bonds. The second-order valence-corrected chi connectivity index (χ2v) is 8.75. The van der Waals surface area contributed by atoms with Gasteiger partial charge in [0.15, 0.2) is 0 Å². The summed E-state index contributed by atoms with van der Waals surface area (Å²) in [5, 5.41) is 8.74. The monoisotopic (exact) mass is 356 g/mol. The van der Waals surface area contributed by atoms with Crippen molar-refractivity contribution in [3.8, 4) is 0 Å². The molecule has 152 valence electrons. The van der Waals surface area contributed by atoms with Crippen LogP contribution in [0.4, 0.5) is 0 Å². The highest BCUT2D eigenvalue weighted by Crippen LogP contribution is 2.32. The molecule has 2 nitrogen and oxygen atoms in total. The summed E-state index contributed by atoms with van der Waals surface area (Å²) in [5.41, 5.74) is 0. The topological polar surface area (TPSA) is 29.5 Å². The molecule has 0 aromatic carbocycles. The van der Waals surface area contributed by atoms with E-state index < -0.39 is 0 Å². The summed E-state index contributed by atoms with van der Waals surface area (Å²) in [6.45, 7) is 12.9. The summed E-state index contributed by atoms with van der Waals surface area (Å²) in [4.78, 5) is 0. The molecule has 1 rings (SSSR count). The van der Waals surface area contributed by atoms with Crippen molar-refractivity contribution in [1.29, 1.82) is 0 Å². The van der Waals surface area contributed by atoms with Gasteiger partial charge in [-0.05, 0) is 36.5 Å². The van der Waals surface area contributed by atoms with E-state index in [2.05, 4.69) is 34.6 Å². The minimum atomic E-state index is 0.157. The zero-order valence-electron chi connectivity index (χ0n) is 18.1. The van der Waals surface area contributed by atoms with Gasteiger partial charge >= 0.3 is 0 Å². The molecule has 1 fully saturated rings. The van der Waals surface area contributed by atoms with Crippen LogP contribution in [0, 0.1) is 23.7 Å². The first-order valence-electron chi connectivity index (χ1n) is 11.2. The molecule has 0 aromatic heterocycles. The molecule has 0 aliphatic heterocycles. The van der Waals surface area contributed by atoms with Crippen LogP contribution in [-0.2, 0) is 4.74 Å². The maximum atomic E-state index is 8.74. The predicted molar refractivity (Wildman–Crippen MR) is 111 cm³/mol. The molecule has 2 heteroatoms. The van der Waals surface area contributed by atoms with E-state index in [-0.39, 0.29) is 6.61 Å². The molecule has 25 heavy (non-hydrogen) atoms. The summed E-state index contributed by atoms with van der Waals surface area (Å²) in [5.74, 6) is 3.50. The molecule has 1 saturated carbocycles. The SMILES string of the molecule is CC(C)CCCC(C)CCCC1CCC(COCCO)CC1.CCC. The van der Waals surface area contributed by atoms with Gasteiger partial charge in [-0.2, -0.15) is 0 Å². The van der Waals surface area contributed by atoms with Crippen LogP contribution in [0.3, 0.4) is 0 Å². The van der Waals surface area contributed by atoms with Crippen LogP contribution in [0.1, 0.15) is 105 Å². The molecule has 1 atom stereocenters. The Bertz CT molecular complexity index is 257. The van der Waals surface area contributed by atoms with E-state index in [9.17, 15) is 0 Å². The van der Waals surface area contributed by atoms with Crippen LogP contribution in [0.5, 0.6) is 0 Å². The summed E-state index contributed by atoms with van der Waals surface area (Å²) < 4.78 is 5.47. The molecule has 0 heterocycles. The van der Waals surface area contributed by atoms with Crippen molar-refractivity contribution in [3.63, 3.8) is 0 Å². The Morgan fingerprint density at radius 3 is 2.00 bits per heavy atom. The fourth-order valence-corrected chi connectivity index (χ4v) is 3.78. The van der Waals surface area contributed by atoms with Gasteiger partial charge in [0.05, 0.1) is 13.2 Å². The normalized spacial score (nSPS) is 21.7. The van der Waals surface area contributed by atoms with Crippen molar-refractivity contribution in [1.82, 2.24) is 0 Å². The van der Waals surface area contributed by atoms with Crippen molar-refractivity contribution >= 4 is 0 Å². The van der Waals surface area contributed by atoms with Crippen molar-refractivity contribution in [3.05, 3.63) is 0 Å². The van der Waals surface area contributed by atoms with Gasteiger partial charge in [0.25, 0.3) is 0 Å². The molecule has 1 unspecified atom stereocenters. The third-order valence-electron chi connectivity index (χ3n) is 5.34. The smallest absolute Gasteiger partial charge is 0.0697 e. The highest BCUT2D eigenvalue weighted by molar-refractivity contribution is 4.73. The third-order valence-corrected chi connectivity index (χ3v) is 5.34. The molecule has 0 radical (unpaired) electrons. The zero-order valence-corrected chi connectivity index (χ0v) is 18.1. The highest BCUT2D eigenvalue weighted by Gasteiger charge is 2.21. The van der Waals surface area contributed by atoms with Crippen molar-refractivity contribution in [2.24, 2.45) is 23.7 Å². The second kappa shape index (κ2) is 17.3. The molecule has 0 spiro atoms. The van der Waals surface area contributed by atoms with Crippen molar-refractivity contribution in [2.45, 2.75) is 105 Å². The minimum Gasteiger partial charge on any atom is -0.394 e. The van der Waals surface area contributed by atoms with E-state index in [1.54, 1.807) is 0 Å². The van der Waals surface area contributed by atoms with Gasteiger partial charge in [0.2, 0.25) is 0 Å². The molecule has 0 aromatic rings. The molecule has 0 saturated heterocycles. The Morgan fingerprint density at radius 2 is 1.44 bits per heavy atom. The molecule has 1 N–H and O–H groups in total. The van der Waals surface area contributed by atoms with E-state index in [1.807, 2.05) is 0 Å². The highest BCUT2D eigenvalue weighted by atomic mass is 16.5. The summed E-state index contributed by atoms with van der Waals surface area (Å²) >= 11 is 0. The first-order valence-corrected chi connectivity index (χ1v) is 11.2. The molecule has 1 aliphatic carbocycles. The van der Waals surface area contributed by atoms with Gasteiger partial charge in [-0.3, -0.25) is 0 Å². The van der Waals surface area contributed by atoms with Gasteiger partial charge in [0, 0.05) is 6.61 Å². The number of hydrogen-bond acceptors (Lipinski definition) is 2. The van der Waals surface area contributed by atoms with Crippen LogP contribution < -0.4 is 0 Å². The van der Waals surface area contributed by atoms with Gasteiger partial charge in [-0.15, -0.1) is 0 Å². The maximum Gasteiger partial charge on any atom is 0.0697 e. The van der Waals surface area contributed by atoms with Gasteiger partial charge in [-0.1, -0.05) is 92.4 Å². The number of hydrogen-bond donors (Lipinski definition) is 1. The summed E-state index contributed by atoms with van der Waals surface area (Å²) in [6.07, 6.45) is 15.2. The summed E-state index contributed by atoms with van der Waals surface area (Å²) in [6, 6.07) is 0. The van der Waals surface area contributed by atoms with Gasteiger partial charge < -0.3 is 9.84 Å². The van der Waals surface area contributed by atoms with Gasteiger partial charge in [0.1, 0.15) is 0 Å². The lowest BCUT2D eigenvalue weighted by Crippen LogP contribution is -2.19. The van der Waals surface area contributed by atoms with E-state index >= 15 is 0 Å². The number of rotatable bonds is 12. The van der Waals surface area contributed by atoms with Gasteiger partial charge in [-0.25, -0.2) is 0 Å². The Morgan fingerprint density at radius 1 is 0.880 bits per heavy atom. The van der Waals surface area contributed by atoms with Crippen LogP contribution in [0.15, 0.2) is 0 Å².